The summed E-state index contributed by atoms with van der Waals surface area (Å²) in [6.45, 7) is 13.8. The van der Waals surface area contributed by atoms with Gasteiger partial charge < -0.3 is 4.74 Å². The van der Waals surface area contributed by atoms with Crippen LogP contribution in [0.25, 0.3) is 22.0 Å². The zero-order valence-electron chi connectivity index (χ0n) is 18.8. The molecule has 0 saturated carbocycles. The third-order valence-electron chi connectivity index (χ3n) is 5.09. The van der Waals surface area contributed by atoms with E-state index in [0.717, 1.165) is 38.9 Å². The lowest BCUT2D eigenvalue weighted by Crippen LogP contribution is -2.27. The van der Waals surface area contributed by atoms with E-state index < -0.39 is 11.7 Å². The van der Waals surface area contributed by atoms with Crippen molar-refractivity contribution in [2.45, 2.75) is 66.1 Å². The van der Waals surface area contributed by atoms with Crippen molar-refractivity contribution in [2.24, 2.45) is 0 Å². The highest BCUT2D eigenvalue weighted by Gasteiger charge is 2.29. The first-order valence-corrected chi connectivity index (χ1v) is 10.7. The van der Waals surface area contributed by atoms with E-state index in [9.17, 15) is 4.79 Å². The Kier molecular flexibility index (Phi) is 6.35. The number of fused-ring (bicyclic) bond motifs is 1. The number of Topliss-reactive ketones (excluding diaryl/α,β-unsaturated/α-hetero) is 1. The summed E-state index contributed by atoms with van der Waals surface area (Å²) in [7, 11) is 0. The number of carbonyl (C=O) groups is 1. The standard InChI is InChI=1S/C26H30ClNO2/c1-15(2)21-13-12-20-22(28-21)14-16(3)23(25(17(4)29)30-26(5,6)7)24(20)18-8-10-19(27)11-9-18/h8-15,25H,1-7H3/t25-/m1/s1. The predicted molar refractivity (Wildman–Crippen MR) is 125 cm³/mol. The van der Waals surface area contributed by atoms with E-state index >= 15 is 0 Å². The number of ether oxygens (including phenoxy) is 1. The average molecular weight is 424 g/mol. The van der Waals surface area contributed by atoms with Gasteiger partial charge in [0.15, 0.2) is 5.78 Å². The number of ketones is 1. The molecule has 0 unspecified atom stereocenters. The molecule has 0 fully saturated rings. The highest BCUT2D eigenvalue weighted by molar-refractivity contribution is 6.30. The maximum Gasteiger partial charge on any atom is 0.163 e. The van der Waals surface area contributed by atoms with E-state index in [1.807, 2.05) is 52.0 Å². The van der Waals surface area contributed by atoms with Crippen molar-refractivity contribution in [1.82, 2.24) is 4.98 Å². The van der Waals surface area contributed by atoms with Crippen LogP contribution in [0, 0.1) is 6.92 Å². The molecule has 0 radical (unpaired) electrons. The summed E-state index contributed by atoms with van der Waals surface area (Å²) in [6, 6.07) is 14.0. The maximum atomic E-state index is 12.7. The number of carbonyl (C=O) groups excluding carboxylic acids is 1. The van der Waals surface area contributed by atoms with Crippen LogP contribution in [0.3, 0.4) is 0 Å². The van der Waals surface area contributed by atoms with E-state index in [1.54, 1.807) is 6.92 Å². The van der Waals surface area contributed by atoms with E-state index in [4.69, 9.17) is 21.3 Å². The lowest BCUT2D eigenvalue weighted by molar-refractivity contribution is -0.138. The second-order valence-electron chi connectivity index (χ2n) is 9.17. The summed E-state index contributed by atoms with van der Waals surface area (Å²) in [4.78, 5) is 17.6. The molecule has 0 aliphatic carbocycles. The monoisotopic (exact) mass is 423 g/mol. The van der Waals surface area contributed by atoms with Gasteiger partial charge in [-0.1, -0.05) is 43.6 Å². The highest BCUT2D eigenvalue weighted by atomic mass is 35.5. The number of pyridine rings is 1. The number of aromatic nitrogens is 1. The van der Waals surface area contributed by atoms with Gasteiger partial charge >= 0.3 is 0 Å². The van der Waals surface area contributed by atoms with Crippen molar-refractivity contribution in [1.29, 1.82) is 0 Å². The number of hydrogen-bond acceptors (Lipinski definition) is 3. The first-order valence-electron chi connectivity index (χ1n) is 10.4. The van der Waals surface area contributed by atoms with Crippen molar-refractivity contribution in [3.63, 3.8) is 0 Å². The Balaban J connectivity index is 2.39. The second kappa shape index (κ2) is 8.49. The number of halogens is 1. The molecule has 0 amide bonds. The van der Waals surface area contributed by atoms with Gasteiger partial charge in [-0.15, -0.1) is 0 Å². The van der Waals surface area contributed by atoms with Crippen LogP contribution in [0.1, 0.15) is 70.4 Å². The normalized spacial score (nSPS) is 13.1. The van der Waals surface area contributed by atoms with E-state index in [2.05, 4.69) is 32.0 Å². The number of rotatable bonds is 5. The molecule has 0 aliphatic rings. The first-order chi connectivity index (χ1) is 14.0. The van der Waals surface area contributed by atoms with Gasteiger partial charge in [0.2, 0.25) is 0 Å². The zero-order chi connectivity index (χ0) is 22.2. The number of hydrogen-bond donors (Lipinski definition) is 0. The number of nitrogens with zero attached hydrogens (tertiary/aromatic N) is 1. The lowest BCUT2D eigenvalue weighted by atomic mass is 9.87. The van der Waals surface area contributed by atoms with Crippen molar-refractivity contribution in [3.8, 4) is 11.1 Å². The summed E-state index contributed by atoms with van der Waals surface area (Å²) in [5.74, 6) is 0.317. The SMILES string of the molecule is CC(=O)[C@@H](OC(C)(C)C)c1c(C)cc2nc(C(C)C)ccc2c1-c1ccc(Cl)cc1. The van der Waals surface area contributed by atoms with Gasteiger partial charge in [0, 0.05) is 16.1 Å². The minimum atomic E-state index is -0.662. The van der Waals surface area contributed by atoms with Crippen LogP contribution in [-0.2, 0) is 9.53 Å². The molecular weight excluding hydrogens is 394 g/mol. The molecule has 2 aromatic carbocycles. The summed E-state index contributed by atoms with van der Waals surface area (Å²) in [6.07, 6.45) is -0.662. The van der Waals surface area contributed by atoms with Crippen molar-refractivity contribution in [2.75, 3.05) is 0 Å². The first kappa shape index (κ1) is 22.5. The molecule has 1 heterocycles. The van der Waals surface area contributed by atoms with Gasteiger partial charge in [0.05, 0.1) is 11.1 Å². The van der Waals surface area contributed by atoms with Crippen molar-refractivity contribution >= 4 is 28.3 Å². The van der Waals surface area contributed by atoms with Crippen LogP contribution < -0.4 is 0 Å². The molecule has 3 aromatic rings. The summed E-state index contributed by atoms with van der Waals surface area (Å²) >= 11 is 6.15. The fraction of sp³-hybridized carbons (Fsp3) is 0.385. The minimum absolute atomic E-state index is 0.0191. The van der Waals surface area contributed by atoms with Crippen LogP contribution in [0.5, 0.6) is 0 Å². The van der Waals surface area contributed by atoms with E-state index in [1.165, 1.54) is 0 Å². The maximum absolute atomic E-state index is 12.7. The summed E-state index contributed by atoms with van der Waals surface area (Å²) in [5, 5.41) is 1.68. The Bertz CT molecular complexity index is 1080. The van der Waals surface area contributed by atoms with Gasteiger partial charge in [-0.2, -0.15) is 0 Å². The zero-order valence-corrected chi connectivity index (χ0v) is 19.6. The molecule has 1 aromatic heterocycles. The Hall–Kier alpha value is -2.23. The Morgan fingerprint density at radius 2 is 1.70 bits per heavy atom. The van der Waals surface area contributed by atoms with Crippen LogP contribution in [0.4, 0.5) is 0 Å². The summed E-state index contributed by atoms with van der Waals surface area (Å²) in [5.41, 5.74) is 5.36. The highest BCUT2D eigenvalue weighted by Crippen LogP contribution is 2.40. The molecule has 4 heteroatoms. The molecule has 0 bridgehead atoms. The molecule has 0 aliphatic heterocycles. The third kappa shape index (κ3) is 4.74. The topological polar surface area (TPSA) is 39.2 Å². The molecular formula is C26H30ClNO2. The van der Waals surface area contributed by atoms with Crippen LogP contribution >= 0.6 is 11.6 Å². The van der Waals surface area contributed by atoms with Gasteiger partial charge in [-0.05, 0) is 87.1 Å². The van der Waals surface area contributed by atoms with Gasteiger partial charge in [0.25, 0.3) is 0 Å². The van der Waals surface area contributed by atoms with Crippen LogP contribution in [0.2, 0.25) is 5.02 Å². The Morgan fingerprint density at radius 3 is 2.23 bits per heavy atom. The summed E-state index contributed by atoms with van der Waals surface area (Å²) < 4.78 is 6.27. The smallest absolute Gasteiger partial charge is 0.163 e. The van der Waals surface area contributed by atoms with Crippen LogP contribution in [-0.4, -0.2) is 16.4 Å². The third-order valence-corrected chi connectivity index (χ3v) is 5.34. The van der Waals surface area contributed by atoms with Gasteiger partial charge in [-0.25, -0.2) is 0 Å². The lowest BCUT2D eigenvalue weighted by Gasteiger charge is -2.29. The van der Waals surface area contributed by atoms with Gasteiger partial charge in [0.1, 0.15) is 6.10 Å². The molecule has 0 spiro atoms. The molecule has 30 heavy (non-hydrogen) atoms. The number of benzene rings is 2. The largest absolute Gasteiger partial charge is 0.360 e. The van der Waals surface area contributed by atoms with Crippen molar-refractivity contribution < 1.29 is 9.53 Å². The molecule has 3 rings (SSSR count). The molecule has 1 atom stereocenters. The molecule has 0 N–H and O–H groups in total. The average Bonchev–Trinajstić information content (AvgIpc) is 2.64. The van der Waals surface area contributed by atoms with Crippen LogP contribution in [0.15, 0.2) is 42.5 Å². The van der Waals surface area contributed by atoms with E-state index in [0.29, 0.717) is 10.9 Å². The fourth-order valence-corrected chi connectivity index (χ4v) is 3.85. The fourth-order valence-electron chi connectivity index (χ4n) is 3.72. The second-order valence-corrected chi connectivity index (χ2v) is 9.60. The minimum Gasteiger partial charge on any atom is -0.360 e. The molecule has 3 nitrogen and oxygen atoms in total. The Labute approximate surface area is 184 Å². The predicted octanol–water partition coefficient (Wildman–Crippen LogP) is 7.43. The Morgan fingerprint density at radius 1 is 1.07 bits per heavy atom. The molecule has 0 saturated heterocycles. The quantitative estimate of drug-likeness (QED) is 0.428. The van der Waals surface area contributed by atoms with Gasteiger partial charge in [-0.3, -0.25) is 9.78 Å². The van der Waals surface area contributed by atoms with Crippen molar-refractivity contribution in [3.05, 3.63) is 64.3 Å². The van der Waals surface area contributed by atoms with E-state index in [-0.39, 0.29) is 5.78 Å². The molecule has 158 valence electrons. The number of aryl methyl sites for hydroxylation is 1.